The summed E-state index contributed by atoms with van der Waals surface area (Å²) in [6, 6.07) is 5.37. The Kier molecular flexibility index (Phi) is 6.25. The molecule has 2 aromatic rings. The van der Waals surface area contributed by atoms with E-state index in [9.17, 15) is 4.79 Å². The highest BCUT2D eigenvalue weighted by atomic mass is 35.5. The van der Waals surface area contributed by atoms with Gasteiger partial charge in [-0.2, -0.15) is 0 Å². The number of benzene rings is 1. The van der Waals surface area contributed by atoms with E-state index in [1.54, 1.807) is 30.9 Å². The van der Waals surface area contributed by atoms with Crippen LogP contribution in [-0.4, -0.2) is 37.0 Å². The Morgan fingerprint density at radius 3 is 2.54 bits per heavy atom. The van der Waals surface area contributed by atoms with E-state index in [2.05, 4.69) is 11.9 Å². The first kappa shape index (κ1) is 18.3. The minimum atomic E-state index is -0.165. The third-order valence-corrected chi connectivity index (χ3v) is 3.73. The molecule has 0 unspecified atom stereocenters. The van der Waals surface area contributed by atoms with Gasteiger partial charge in [0.15, 0.2) is 11.5 Å². The van der Waals surface area contributed by atoms with Gasteiger partial charge in [0.2, 0.25) is 0 Å². The number of aliphatic hydroxyl groups excluding tert-OH is 1. The maximum absolute atomic E-state index is 12.8. The molecule has 0 aliphatic carbocycles. The fourth-order valence-corrected chi connectivity index (χ4v) is 2.64. The van der Waals surface area contributed by atoms with Crippen molar-refractivity contribution in [3.63, 3.8) is 0 Å². The fraction of sp³-hybridized carbons (Fsp3) is 0.353. The zero-order chi connectivity index (χ0) is 17.7. The summed E-state index contributed by atoms with van der Waals surface area (Å²) < 4.78 is 12.2. The van der Waals surface area contributed by atoms with Crippen molar-refractivity contribution in [1.82, 2.24) is 9.88 Å². The Bertz CT molecular complexity index is 801. The number of rotatable bonds is 8. The van der Waals surface area contributed by atoms with E-state index in [4.69, 9.17) is 26.2 Å². The van der Waals surface area contributed by atoms with Crippen molar-refractivity contribution in [1.29, 1.82) is 0 Å². The first-order valence-corrected chi connectivity index (χ1v) is 7.83. The first-order chi connectivity index (χ1) is 11.5. The van der Waals surface area contributed by atoms with Crippen LogP contribution in [0.25, 0.3) is 10.9 Å². The van der Waals surface area contributed by atoms with Crippen molar-refractivity contribution >= 4 is 22.5 Å². The number of allylic oxidation sites excluding steroid dienone is 1. The van der Waals surface area contributed by atoms with Crippen LogP contribution in [0, 0.1) is 0 Å². The minimum Gasteiger partial charge on any atom is -0.493 e. The summed E-state index contributed by atoms with van der Waals surface area (Å²) in [5.41, 5.74) is 1.09. The van der Waals surface area contributed by atoms with Crippen LogP contribution in [0.1, 0.15) is 5.56 Å². The summed E-state index contributed by atoms with van der Waals surface area (Å²) in [5, 5.41) is 13.1. The normalized spacial score (nSPS) is 10.8. The highest BCUT2D eigenvalue weighted by molar-refractivity contribution is 6.29. The van der Waals surface area contributed by atoms with Gasteiger partial charge in [-0.25, -0.2) is 0 Å². The predicted molar refractivity (Wildman–Crippen MR) is 95.1 cm³/mol. The predicted octanol–water partition coefficient (Wildman–Crippen LogP) is 1.85. The monoisotopic (exact) mass is 352 g/mol. The van der Waals surface area contributed by atoms with E-state index in [1.807, 2.05) is 6.07 Å². The number of nitrogens with one attached hydrogen (secondary N) is 1. The maximum atomic E-state index is 12.8. The summed E-state index contributed by atoms with van der Waals surface area (Å²) in [5.74, 6) is 1.11. The number of hydrogen-bond donors (Lipinski definition) is 2. The lowest BCUT2D eigenvalue weighted by Crippen LogP contribution is -2.28. The third-order valence-electron chi connectivity index (χ3n) is 3.61. The summed E-state index contributed by atoms with van der Waals surface area (Å²) in [6.45, 7) is 4.63. The molecule has 0 atom stereocenters. The van der Waals surface area contributed by atoms with Crippen molar-refractivity contribution < 1.29 is 14.6 Å². The van der Waals surface area contributed by atoms with Crippen molar-refractivity contribution in [3.8, 4) is 11.5 Å². The van der Waals surface area contributed by atoms with Gasteiger partial charge in [-0.05, 0) is 12.1 Å². The van der Waals surface area contributed by atoms with Crippen LogP contribution in [0.5, 0.6) is 11.5 Å². The SMILES string of the molecule is C=C(Cl)Cn1c(=O)c(CNCCO)cc2cc(OC)c(OC)cc21. The number of aromatic nitrogens is 1. The van der Waals surface area contributed by atoms with Crippen molar-refractivity contribution in [3.05, 3.63) is 45.7 Å². The molecule has 2 rings (SSSR count). The summed E-state index contributed by atoms with van der Waals surface area (Å²) in [4.78, 5) is 12.8. The van der Waals surface area contributed by atoms with Gasteiger partial charge in [0.1, 0.15) is 0 Å². The summed E-state index contributed by atoms with van der Waals surface area (Å²) in [7, 11) is 3.10. The molecule has 0 saturated carbocycles. The molecule has 1 heterocycles. The van der Waals surface area contributed by atoms with Crippen LogP contribution in [0.4, 0.5) is 0 Å². The van der Waals surface area contributed by atoms with E-state index >= 15 is 0 Å². The van der Waals surface area contributed by atoms with Crippen LogP contribution in [0.15, 0.2) is 34.6 Å². The molecule has 0 spiro atoms. The molecule has 0 aliphatic rings. The lowest BCUT2D eigenvalue weighted by molar-refractivity contribution is 0.292. The second-order valence-corrected chi connectivity index (χ2v) is 5.78. The van der Waals surface area contributed by atoms with Crippen LogP contribution in [0.3, 0.4) is 0 Å². The van der Waals surface area contributed by atoms with Crippen molar-refractivity contribution in [2.75, 3.05) is 27.4 Å². The average molecular weight is 353 g/mol. The molecule has 0 aliphatic heterocycles. The summed E-state index contributed by atoms with van der Waals surface area (Å²) in [6.07, 6.45) is 0. The number of methoxy groups -OCH3 is 2. The molecular weight excluding hydrogens is 332 g/mol. The van der Waals surface area contributed by atoms with Crippen LogP contribution >= 0.6 is 11.6 Å². The topological polar surface area (TPSA) is 72.7 Å². The van der Waals surface area contributed by atoms with E-state index in [-0.39, 0.29) is 18.7 Å². The van der Waals surface area contributed by atoms with Gasteiger partial charge in [-0.15, -0.1) is 0 Å². The smallest absolute Gasteiger partial charge is 0.255 e. The highest BCUT2D eigenvalue weighted by Crippen LogP contribution is 2.32. The quantitative estimate of drug-likeness (QED) is 0.709. The van der Waals surface area contributed by atoms with Gasteiger partial charge < -0.3 is 24.5 Å². The molecule has 7 heteroatoms. The molecule has 0 amide bonds. The molecule has 2 N–H and O–H groups in total. The molecule has 0 fully saturated rings. The van der Waals surface area contributed by atoms with Gasteiger partial charge in [0.25, 0.3) is 5.56 Å². The van der Waals surface area contributed by atoms with E-state index in [0.717, 1.165) is 5.39 Å². The Labute approximate surface area is 145 Å². The standard InChI is InChI=1S/C17H21ClN2O4/c1-11(18)10-20-14-8-16(24-3)15(23-2)7-12(14)6-13(17(20)22)9-19-4-5-21/h6-8,19,21H,1,4-5,9-10H2,2-3H3. The summed E-state index contributed by atoms with van der Waals surface area (Å²) >= 11 is 5.94. The first-order valence-electron chi connectivity index (χ1n) is 7.45. The number of fused-ring (bicyclic) bond motifs is 1. The van der Waals surface area contributed by atoms with Gasteiger partial charge in [-0.1, -0.05) is 18.2 Å². The molecular formula is C17H21ClN2O4. The van der Waals surface area contributed by atoms with Crippen LogP contribution in [-0.2, 0) is 13.1 Å². The second-order valence-electron chi connectivity index (χ2n) is 5.24. The number of ether oxygens (including phenoxy) is 2. The average Bonchev–Trinajstić information content (AvgIpc) is 2.57. The number of halogens is 1. The minimum absolute atomic E-state index is 0.00524. The van der Waals surface area contributed by atoms with Gasteiger partial charge in [0, 0.05) is 35.1 Å². The van der Waals surface area contributed by atoms with Crippen LogP contribution in [0.2, 0.25) is 0 Å². The largest absolute Gasteiger partial charge is 0.493 e. The van der Waals surface area contributed by atoms with Gasteiger partial charge in [0.05, 0.1) is 32.9 Å². The zero-order valence-corrected chi connectivity index (χ0v) is 14.5. The molecule has 0 saturated heterocycles. The maximum Gasteiger partial charge on any atom is 0.255 e. The van der Waals surface area contributed by atoms with E-state index in [1.165, 1.54) is 0 Å². The lowest BCUT2D eigenvalue weighted by atomic mass is 10.1. The van der Waals surface area contributed by atoms with Gasteiger partial charge in [-0.3, -0.25) is 4.79 Å². The van der Waals surface area contributed by atoms with Crippen molar-refractivity contribution in [2.24, 2.45) is 0 Å². The second kappa shape index (κ2) is 8.19. The van der Waals surface area contributed by atoms with Crippen molar-refractivity contribution in [2.45, 2.75) is 13.1 Å². The molecule has 0 radical (unpaired) electrons. The zero-order valence-electron chi connectivity index (χ0n) is 13.8. The molecule has 1 aromatic carbocycles. The number of pyridine rings is 1. The fourth-order valence-electron chi connectivity index (χ4n) is 2.52. The Morgan fingerprint density at radius 2 is 1.96 bits per heavy atom. The lowest BCUT2D eigenvalue weighted by Gasteiger charge is -2.15. The molecule has 130 valence electrons. The van der Waals surface area contributed by atoms with E-state index < -0.39 is 0 Å². The number of nitrogens with zero attached hydrogens (tertiary/aromatic N) is 1. The van der Waals surface area contributed by atoms with Gasteiger partial charge >= 0.3 is 0 Å². The molecule has 6 nitrogen and oxygen atoms in total. The molecule has 24 heavy (non-hydrogen) atoms. The number of hydrogen-bond acceptors (Lipinski definition) is 5. The van der Waals surface area contributed by atoms with E-state index in [0.29, 0.717) is 40.7 Å². The van der Waals surface area contributed by atoms with Crippen LogP contribution < -0.4 is 20.3 Å². The molecule has 0 bridgehead atoms. The Balaban J connectivity index is 2.66. The Morgan fingerprint density at radius 1 is 1.29 bits per heavy atom. The Hall–Kier alpha value is -2.02. The number of aliphatic hydroxyl groups is 1. The molecule has 1 aromatic heterocycles. The highest BCUT2D eigenvalue weighted by Gasteiger charge is 2.14. The third kappa shape index (κ3) is 3.90.